The van der Waals surface area contributed by atoms with Gasteiger partial charge in [0, 0.05) is 11.8 Å². The van der Waals surface area contributed by atoms with E-state index in [1.54, 1.807) is 32.0 Å². The number of nitrogens with one attached hydrogen (secondary N) is 2. The Morgan fingerprint density at radius 3 is 2.18 bits per heavy atom. The molecule has 1 amide bonds. The van der Waals surface area contributed by atoms with Crippen molar-refractivity contribution < 1.29 is 21.6 Å². The van der Waals surface area contributed by atoms with Crippen molar-refractivity contribution in [3.05, 3.63) is 87.9 Å². The Kier molecular flexibility index (Phi) is 7.40. The third-order valence-corrected chi connectivity index (χ3v) is 8.25. The van der Waals surface area contributed by atoms with Crippen molar-refractivity contribution in [3.8, 4) is 0 Å². The second-order valence-corrected chi connectivity index (χ2v) is 12.2. The van der Waals surface area contributed by atoms with Crippen molar-refractivity contribution in [2.24, 2.45) is 0 Å². The molecule has 1 unspecified atom stereocenters. The maximum atomic E-state index is 13.0. The van der Waals surface area contributed by atoms with Gasteiger partial charge < -0.3 is 5.32 Å². The highest BCUT2D eigenvalue weighted by Crippen LogP contribution is 2.27. The Balaban J connectivity index is 1.83. The molecule has 0 aliphatic heterocycles. The summed E-state index contributed by atoms with van der Waals surface area (Å²) in [6.07, 6.45) is 1.12. The van der Waals surface area contributed by atoms with Crippen LogP contribution < -0.4 is 10.0 Å². The molecule has 0 bridgehead atoms. The van der Waals surface area contributed by atoms with E-state index < -0.39 is 31.8 Å². The molecule has 0 spiro atoms. The highest BCUT2D eigenvalue weighted by Gasteiger charge is 2.22. The van der Waals surface area contributed by atoms with Crippen LogP contribution in [0.5, 0.6) is 0 Å². The van der Waals surface area contributed by atoms with Gasteiger partial charge in [0.15, 0.2) is 9.84 Å². The van der Waals surface area contributed by atoms with Crippen LogP contribution in [0.4, 0.5) is 5.69 Å². The Bertz CT molecular complexity index is 1450. The molecule has 1 atom stereocenters. The van der Waals surface area contributed by atoms with Crippen LogP contribution in [-0.4, -0.2) is 29.0 Å². The number of anilines is 1. The van der Waals surface area contributed by atoms with Crippen molar-refractivity contribution in [1.29, 1.82) is 0 Å². The molecule has 7 nitrogen and oxygen atoms in total. The van der Waals surface area contributed by atoms with Gasteiger partial charge in [0.05, 0.1) is 21.6 Å². The van der Waals surface area contributed by atoms with E-state index in [1.165, 1.54) is 30.3 Å². The van der Waals surface area contributed by atoms with Crippen LogP contribution in [0, 0.1) is 13.8 Å². The van der Waals surface area contributed by atoms with E-state index in [9.17, 15) is 21.6 Å². The van der Waals surface area contributed by atoms with Gasteiger partial charge in [-0.1, -0.05) is 35.9 Å². The van der Waals surface area contributed by atoms with Crippen molar-refractivity contribution in [2.45, 2.75) is 36.6 Å². The molecule has 0 saturated heterocycles. The smallest absolute Gasteiger partial charge is 0.263 e. The molecule has 34 heavy (non-hydrogen) atoms. The number of hydrogen-bond acceptors (Lipinski definition) is 5. The molecule has 3 aromatic rings. The Hall–Kier alpha value is -2.88. The maximum absolute atomic E-state index is 13.0. The summed E-state index contributed by atoms with van der Waals surface area (Å²) in [5.74, 6) is -0.500. The molecule has 0 fully saturated rings. The summed E-state index contributed by atoms with van der Waals surface area (Å²) in [4.78, 5) is 12.8. The average molecular weight is 521 g/mol. The van der Waals surface area contributed by atoms with Gasteiger partial charge in [0.25, 0.3) is 15.9 Å². The fourth-order valence-electron chi connectivity index (χ4n) is 3.26. The lowest BCUT2D eigenvalue weighted by molar-refractivity contribution is 0.0939. The number of hydrogen-bond donors (Lipinski definition) is 2. The zero-order valence-corrected chi connectivity index (χ0v) is 21.5. The van der Waals surface area contributed by atoms with Gasteiger partial charge in [0.2, 0.25) is 0 Å². The summed E-state index contributed by atoms with van der Waals surface area (Å²) >= 11 is 6.18. The minimum absolute atomic E-state index is 0.0150. The normalized spacial score (nSPS) is 12.7. The minimum atomic E-state index is -4.06. The highest BCUT2D eigenvalue weighted by atomic mass is 35.5. The minimum Gasteiger partial charge on any atom is -0.346 e. The number of benzene rings is 3. The van der Waals surface area contributed by atoms with Crippen molar-refractivity contribution in [3.63, 3.8) is 0 Å². The Labute approximate surface area is 205 Å². The van der Waals surface area contributed by atoms with Gasteiger partial charge >= 0.3 is 0 Å². The number of amides is 1. The first kappa shape index (κ1) is 25.7. The molecule has 2 N–H and O–H groups in total. The highest BCUT2D eigenvalue weighted by molar-refractivity contribution is 7.92. The third-order valence-electron chi connectivity index (χ3n) is 5.28. The maximum Gasteiger partial charge on any atom is 0.263 e. The monoisotopic (exact) mass is 520 g/mol. The van der Waals surface area contributed by atoms with Gasteiger partial charge in [-0.15, -0.1) is 0 Å². The molecule has 0 aromatic heterocycles. The zero-order chi connectivity index (χ0) is 25.3. The fraction of sp³-hybridized carbons (Fsp3) is 0.208. The van der Waals surface area contributed by atoms with Crippen LogP contribution in [0.25, 0.3) is 0 Å². The van der Waals surface area contributed by atoms with E-state index in [4.69, 9.17) is 11.6 Å². The third kappa shape index (κ3) is 5.97. The van der Waals surface area contributed by atoms with E-state index in [2.05, 4.69) is 10.0 Å². The predicted octanol–water partition coefficient (Wildman–Crippen LogP) is 4.65. The lowest BCUT2D eigenvalue weighted by atomic mass is 10.1. The first-order valence-electron chi connectivity index (χ1n) is 10.3. The summed E-state index contributed by atoms with van der Waals surface area (Å²) in [7, 11) is -7.38. The summed E-state index contributed by atoms with van der Waals surface area (Å²) in [5, 5.41) is 2.77. The van der Waals surface area contributed by atoms with Crippen LogP contribution in [0.3, 0.4) is 0 Å². The number of carbonyl (C=O) groups excluding carboxylic acids is 1. The van der Waals surface area contributed by atoms with E-state index in [-0.39, 0.29) is 20.4 Å². The lowest BCUT2D eigenvalue weighted by Gasteiger charge is -2.16. The lowest BCUT2D eigenvalue weighted by Crippen LogP contribution is -2.27. The predicted molar refractivity (Wildman–Crippen MR) is 134 cm³/mol. The number of aryl methyl sites for hydroxylation is 2. The number of rotatable bonds is 7. The van der Waals surface area contributed by atoms with Crippen LogP contribution >= 0.6 is 11.6 Å². The SMILES string of the molecule is Cc1ccc(C)c(NS(=O)(=O)c2cc(C(=O)NC(C)c3ccc(S(C)(=O)=O)cc3)ccc2Cl)c1. The molecule has 0 aliphatic carbocycles. The Morgan fingerprint density at radius 1 is 0.912 bits per heavy atom. The molecule has 0 aliphatic rings. The summed E-state index contributed by atoms with van der Waals surface area (Å²) in [6.45, 7) is 5.38. The molecule has 3 aromatic carbocycles. The summed E-state index contributed by atoms with van der Waals surface area (Å²) in [6, 6.07) is 15.2. The quantitative estimate of drug-likeness (QED) is 0.471. The van der Waals surface area contributed by atoms with Crippen LogP contribution in [-0.2, 0) is 19.9 Å². The largest absolute Gasteiger partial charge is 0.346 e. The van der Waals surface area contributed by atoms with Crippen LogP contribution in [0.15, 0.2) is 70.5 Å². The van der Waals surface area contributed by atoms with Gasteiger partial charge in [-0.25, -0.2) is 16.8 Å². The molecular weight excluding hydrogens is 496 g/mol. The molecule has 180 valence electrons. The molecular formula is C24H25ClN2O5S2. The van der Waals surface area contributed by atoms with E-state index in [0.29, 0.717) is 11.3 Å². The van der Waals surface area contributed by atoms with Crippen LogP contribution in [0.1, 0.15) is 40.0 Å². The van der Waals surface area contributed by atoms with Crippen LogP contribution in [0.2, 0.25) is 5.02 Å². The number of sulfone groups is 1. The number of sulfonamides is 1. The van der Waals surface area contributed by atoms with Gasteiger partial charge in [-0.3, -0.25) is 9.52 Å². The van der Waals surface area contributed by atoms with Crippen molar-refractivity contribution >= 4 is 43.1 Å². The average Bonchev–Trinajstić information content (AvgIpc) is 2.75. The molecule has 0 radical (unpaired) electrons. The second kappa shape index (κ2) is 9.77. The summed E-state index contributed by atoms with van der Waals surface area (Å²) in [5.41, 5.74) is 2.87. The number of halogens is 1. The van der Waals surface area contributed by atoms with Crippen molar-refractivity contribution in [2.75, 3.05) is 11.0 Å². The molecule has 10 heteroatoms. The second-order valence-electron chi connectivity index (χ2n) is 8.11. The standard InChI is InChI=1S/C24H25ClN2O5S2/c1-15-5-6-16(2)22(13-15)27-34(31,32)23-14-19(9-12-21(23)25)24(28)26-17(3)18-7-10-20(11-8-18)33(4,29)30/h5-14,17,27H,1-4H3,(H,26,28). The zero-order valence-electron chi connectivity index (χ0n) is 19.1. The first-order chi connectivity index (χ1) is 15.8. The van der Waals surface area contributed by atoms with E-state index >= 15 is 0 Å². The van der Waals surface area contributed by atoms with E-state index in [0.717, 1.165) is 17.4 Å². The first-order valence-corrected chi connectivity index (χ1v) is 14.0. The van der Waals surface area contributed by atoms with E-state index in [1.807, 2.05) is 19.1 Å². The van der Waals surface area contributed by atoms with Gasteiger partial charge in [-0.2, -0.15) is 0 Å². The summed E-state index contributed by atoms with van der Waals surface area (Å²) < 4.78 is 51.9. The Morgan fingerprint density at radius 2 is 1.56 bits per heavy atom. The fourth-order valence-corrected chi connectivity index (χ4v) is 5.54. The molecule has 3 rings (SSSR count). The van der Waals surface area contributed by atoms with Gasteiger partial charge in [-0.05, 0) is 73.9 Å². The topological polar surface area (TPSA) is 109 Å². The number of carbonyl (C=O) groups is 1. The van der Waals surface area contributed by atoms with Crippen molar-refractivity contribution in [1.82, 2.24) is 5.32 Å². The molecule has 0 heterocycles. The molecule has 0 saturated carbocycles. The van der Waals surface area contributed by atoms with Gasteiger partial charge in [0.1, 0.15) is 4.90 Å².